The van der Waals surface area contributed by atoms with Crippen molar-refractivity contribution in [2.45, 2.75) is 33.2 Å². The largest absolute Gasteiger partial charge is 0.497 e. The number of nitrogens with one attached hydrogen (secondary N) is 1. The Morgan fingerprint density at radius 1 is 1.15 bits per heavy atom. The fourth-order valence-corrected chi connectivity index (χ4v) is 2.74. The summed E-state index contributed by atoms with van der Waals surface area (Å²) in [6, 6.07) is 10.7. The van der Waals surface area contributed by atoms with E-state index < -0.39 is 0 Å². The number of aromatic nitrogens is 1. The average molecular weight is 371 g/mol. The lowest BCUT2D eigenvalue weighted by atomic mass is 10.1. The number of amides is 2. The predicted octanol–water partition coefficient (Wildman–Crippen LogP) is 4.74. The van der Waals surface area contributed by atoms with Crippen LogP contribution in [0.4, 0.5) is 10.5 Å². The number of urea groups is 1. The molecule has 2 aromatic rings. The van der Waals surface area contributed by atoms with Crippen LogP contribution in [0.2, 0.25) is 0 Å². The van der Waals surface area contributed by atoms with Crippen LogP contribution in [0.3, 0.4) is 0 Å². The summed E-state index contributed by atoms with van der Waals surface area (Å²) in [5, 5.41) is 2.97. The third-order valence-corrected chi connectivity index (χ3v) is 4.44. The molecule has 1 N–H and O–H groups in total. The molecule has 1 heterocycles. The molecule has 1 aromatic carbocycles. The maximum Gasteiger partial charge on any atom is 0.322 e. The number of rotatable bonds is 8. The molecule has 0 fully saturated rings. The van der Waals surface area contributed by atoms with Crippen molar-refractivity contribution < 1.29 is 14.3 Å². The fraction of sp³-hybridized carbons (Fsp3) is 0.429. The Hall–Kier alpha value is -2.76. The lowest BCUT2D eigenvalue weighted by molar-refractivity contribution is 0.187. The molecule has 27 heavy (non-hydrogen) atoms. The molecule has 0 saturated carbocycles. The highest BCUT2D eigenvalue weighted by Crippen LogP contribution is 2.30. The minimum absolute atomic E-state index is 0.144. The molecule has 2 rings (SSSR count). The van der Waals surface area contributed by atoms with Crippen LogP contribution in [-0.4, -0.2) is 36.7 Å². The van der Waals surface area contributed by atoms with Crippen LogP contribution in [0.1, 0.15) is 38.9 Å². The first-order valence-corrected chi connectivity index (χ1v) is 9.16. The second-order valence-electron chi connectivity index (χ2n) is 6.80. The highest BCUT2D eigenvalue weighted by Gasteiger charge is 2.23. The second-order valence-corrected chi connectivity index (χ2v) is 6.80. The highest BCUT2D eigenvalue weighted by molar-refractivity contribution is 5.91. The topological polar surface area (TPSA) is 63.7 Å². The molecular weight excluding hydrogens is 342 g/mol. The van der Waals surface area contributed by atoms with E-state index in [2.05, 4.69) is 24.1 Å². The van der Waals surface area contributed by atoms with E-state index in [9.17, 15) is 4.79 Å². The quantitative estimate of drug-likeness (QED) is 0.728. The van der Waals surface area contributed by atoms with Crippen LogP contribution < -0.4 is 14.8 Å². The van der Waals surface area contributed by atoms with Crippen LogP contribution in [0.25, 0.3) is 0 Å². The van der Waals surface area contributed by atoms with Gasteiger partial charge in [-0.2, -0.15) is 0 Å². The lowest BCUT2D eigenvalue weighted by Gasteiger charge is -2.30. The first kappa shape index (κ1) is 20.6. The van der Waals surface area contributed by atoms with Crippen molar-refractivity contribution in [3.63, 3.8) is 0 Å². The zero-order valence-corrected chi connectivity index (χ0v) is 16.7. The van der Waals surface area contributed by atoms with E-state index in [4.69, 9.17) is 9.47 Å². The van der Waals surface area contributed by atoms with Crippen LogP contribution in [0.5, 0.6) is 11.5 Å². The maximum absolute atomic E-state index is 13.1. The summed E-state index contributed by atoms with van der Waals surface area (Å²) in [5.74, 6) is 1.71. The lowest BCUT2D eigenvalue weighted by Crippen LogP contribution is -2.38. The SMILES string of the molecule is COc1ccc(NC(=O)N(CCC(C)C)C(C)c2ccccn2)c(OC)c1. The third kappa shape index (κ3) is 5.61. The number of benzene rings is 1. The number of hydrogen-bond acceptors (Lipinski definition) is 4. The van der Waals surface area contributed by atoms with Crippen LogP contribution >= 0.6 is 0 Å². The molecule has 0 bridgehead atoms. The molecule has 0 radical (unpaired) electrons. The zero-order chi connectivity index (χ0) is 19.8. The van der Waals surface area contributed by atoms with E-state index in [1.54, 1.807) is 38.6 Å². The van der Waals surface area contributed by atoms with Crippen molar-refractivity contribution in [2.24, 2.45) is 5.92 Å². The summed E-state index contributed by atoms with van der Waals surface area (Å²) in [6.07, 6.45) is 2.65. The average Bonchev–Trinajstić information content (AvgIpc) is 2.68. The van der Waals surface area contributed by atoms with E-state index >= 15 is 0 Å². The number of pyridine rings is 1. The minimum atomic E-state index is -0.183. The highest BCUT2D eigenvalue weighted by atomic mass is 16.5. The number of methoxy groups -OCH3 is 2. The summed E-state index contributed by atoms with van der Waals surface area (Å²) in [7, 11) is 3.16. The van der Waals surface area contributed by atoms with Gasteiger partial charge in [0.25, 0.3) is 0 Å². The maximum atomic E-state index is 13.1. The van der Waals surface area contributed by atoms with Gasteiger partial charge in [-0.3, -0.25) is 4.98 Å². The Kier molecular flexibility index (Phi) is 7.46. The molecular formula is C21H29N3O3. The van der Waals surface area contributed by atoms with Gasteiger partial charge < -0.3 is 19.7 Å². The van der Waals surface area contributed by atoms with Crippen LogP contribution in [0, 0.1) is 5.92 Å². The van der Waals surface area contributed by atoms with Gasteiger partial charge in [0.05, 0.1) is 31.6 Å². The Balaban J connectivity index is 2.23. The molecule has 0 aliphatic carbocycles. The van der Waals surface area contributed by atoms with Gasteiger partial charge in [0.15, 0.2) is 0 Å². The molecule has 0 aliphatic rings. The Bertz CT molecular complexity index is 735. The van der Waals surface area contributed by atoms with Gasteiger partial charge in [-0.1, -0.05) is 19.9 Å². The molecule has 146 valence electrons. The number of anilines is 1. The predicted molar refractivity (Wildman–Crippen MR) is 107 cm³/mol. The first-order chi connectivity index (χ1) is 13.0. The van der Waals surface area contributed by atoms with E-state index in [1.807, 2.05) is 30.0 Å². The van der Waals surface area contributed by atoms with Crippen molar-refractivity contribution in [1.82, 2.24) is 9.88 Å². The summed E-state index contributed by atoms with van der Waals surface area (Å²) in [5.41, 5.74) is 1.46. The van der Waals surface area contributed by atoms with E-state index in [0.717, 1.165) is 12.1 Å². The smallest absolute Gasteiger partial charge is 0.322 e. The van der Waals surface area contributed by atoms with E-state index in [1.165, 1.54) is 0 Å². The van der Waals surface area contributed by atoms with Gasteiger partial charge in [-0.15, -0.1) is 0 Å². The van der Waals surface area contributed by atoms with Crippen molar-refractivity contribution in [3.8, 4) is 11.5 Å². The Morgan fingerprint density at radius 3 is 2.52 bits per heavy atom. The molecule has 6 nitrogen and oxygen atoms in total. The third-order valence-electron chi connectivity index (χ3n) is 4.44. The van der Waals surface area contributed by atoms with Gasteiger partial charge in [-0.05, 0) is 43.5 Å². The summed E-state index contributed by atoms with van der Waals surface area (Å²) in [6.45, 7) is 6.93. The molecule has 0 saturated heterocycles. The number of carbonyl (C=O) groups excluding carboxylic acids is 1. The van der Waals surface area contributed by atoms with Crippen molar-refractivity contribution >= 4 is 11.7 Å². The molecule has 1 unspecified atom stereocenters. The normalized spacial score (nSPS) is 11.8. The number of nitrogens with zero attached hydrogens (tertiary/aromatic N) is 2. The Morgan fingerprint density at radius 2 is 1.93 bits per heavy atom. The van der Waals surface area contributed by atoms with E-state index in [0.29, 0.717) is 29.6 Å². The molecule has 0 spiro atoms. The van der Waals surface area contributed by atoms with Crippen LogP contribution in [-0.2, 0) is 0 Å². The fourth-order valence-electron chi connectivity index (χ4n) is 2.74. The monoisotopic (exact) mass is 371 g/mol. The van der Waals surface area contributed by atoms with Gasteiger partial charge in [0.2, 0.25) is 0 Å². The van der Waals surface area contributed by atoms with Crippen molar-refractivity contribution in [3.05, 3.63) is 48.3 Å². The summed E-state index contributed by atoms with van der Waals surface area (Å²) < 4.78 is 10.6. The Labute approximate surface area is 161 Å². The first-order valence-electron chi connectivity index (χ1n) is 9.16. The van der Waals surface area contributed by atoms with Gasteiger partial charge in [0, 0.05) is 18.8 Å². The number of ether oxygens (including phenoxy) is 2. The van der Waals surface area contributed by atoms with E-state index in [-0.39, 0.29) is 12.1 Å². The van der Waals surface area contributed by atoms with Gasteiger partial charge in [0.1, 0.15) is 11.5 Å². The number of hydrogen-bond donors (Lipinski definition) is 1. The zero-order valence-electron chi connectivity index (χ0n) is 16.7. The van der Waals surface area contributed by atoms with Crippen molar-refractivity contribution in [1.29, 1.82) is 0 Å². The second kappa shape index (κ2) is 9.80. The van der Waals surface area contributed by atoms with Crippen LogP contribution in [0.15, 0.2) is 42.6 Å². The standard InChI is InChI=1S/C21H29N3O3/c1-15(2)11-13-24(16(3)18-8-6-7-12-22-18)21(25)23-19-10-9-17(26-4)14-20(19)27-5/h6-10,12,14-16H,11,13H2,1-5H3,(H,23,25). The van der Waals surface area contributed by atoms with Gasteiger partial charge >= 0.3 is 6.03 Å². The molecule has 1 atom stereocenters. The summed E-state index contributed by atoms with van der Waals surface area (Å²) >= 11 is 0. The molecule has 6 heteroatoms. The van der Waals surface area contributed by atoms with Gasteiger partial charge in [-0.25, -0.2) is 4.79 Å². The molecule has 0 aliphatic heterocycles. The minimum Gasteiger partial charge on any atom is -0.497 e. The summed E-state index contributed by atoms with van der Waals surface area (Å²) in [4.78, 5) is 19.3. The molecule has 2 amide bonds. The number of carbonyl (C=O) groups is 1. The van der Waals surface area contributed by atoms with Crippen molar-refractivity contribution in [2.75, 3.05) is 26.1 Å². The molecule has 1 aromatic heterocycles.